The van der Waals surface area contributed by atoms with Crippen LogP contribution in [0, 0.1) is 6.92 Å². The molecule has 3 aromatic rings. The summed E-state index contributed by atoms with van der Waals surface area (Å²) >= 11 is 0. The number of hydrogen-bond donors (Lipinski definition) is 1. The van der Waals surface area contributed by atoms with Gasteiger partial charge in [-0.05, 0) is 31.2 Å². The molecule has 0 bridgehead atoms. The van der Waals surface area contributed by atoms with E-state index in [-0.39, 0.29) is 29.1 Å². The van der Waals surface area contributed by atoms with Crippen molar-refractivity contribution in [1.82, 2.24) is 14.7 Å². The van der Waals surface area contributed by atoms with E-state index in [2.05, 4.69) is 15.5 Å². The Morgan fingerprint density at radius 2 is 2.09 bits per heavy atom. The van der Waals surface area contributed by atoms with Gasteiger partial charge in [-0.25, -0.2) is 4.98 Å². The van der Waals surface area contributed by atoms with E-state index < -0.39 is 0 Å². The monoisotopic (exact) mass is 314 g/mol. The van der Waals surface area contributed by atoms with E-state index >= 15 is 0 Å². The van der Waals surface area contributed by atoms with E-state index in [0.29, 0.717) is 17.1 Å². The summed E-state index contributed by atoms with van der Waals surface area (Å²) in [5.41, 5.74) is 0.861. The van der Waals surface area contributed by atoms with Crippen molar-refractivity contribution in [2.75, 3.05) is 12.4 Å². The van der Waals surface area contributed by atoms with Gasteiger partial charge in [0.05, 0.1) is 12.8 Å². The van der Waals surface area contributed by atoms with Crippen molar-refractivity contribution < 1.29 is 14.1 Å². The zero-order valence-corrected chi connectivity index (χ0v) is 12.6. The highest BCUT2D eigenvalue weighted by Crippen LogP contribution is 2.15. The number of nitrogens with zero attached hydrogens (tertiary/aromatic N) is 3. The fraction of sp³-hybridized carbons (Fsp3) is 0.200. The van der Waals surface area contributed by atoms with Gasteiger partial charge in [0.15, 0.2) is 0 Å². The number of hydrogen-bond acceptors (Lipinski definition) is 6. The minimum atomic E-state index is -0.362. The van der Waals surface area contributed by atoms with Crippen molar-refractivity contribution in [3.8, 4) is 5.75 Å². The first kappa shape index (κ1) is 14.8. The number of aryl methyl sites for hydroxylation is 1. The summed E-state index contributed by atoms with van der Waals surface area (Å²) in [6, 6.07) is 6.89. The quantitative estimate of drug-likeness (QED) is 0.780. The number of fused-ring (bicyclic) bond motifs is 1. The molecule has 8 heteroatoms. The van der Waals surface area contributed by atoms with Crippen molar-refractivity contribution in [3.05, 3.63) is 46.6 Å². The molecule has 23 heavy (non-hydrogen) atoms. The second-order valence-corrected chi connectivity index (χ2v) is 4.90. The van der Waals surface area contributed by atoms with Crippen LogP contribution in [-0.2, 0) is 11.3 Å². The third kappa shape index (κ3) is 2.91. The molecule has 0 unspecified atom stereocenters. The van der Waals surface area contributed by atoms with Crippen LogP contribution >= 0.6 is 0 Å². The number of carbonyl (C=O) groups excluding carboxylic acids is 1. The predicted octanol–water partition coefficient (Wildman–Crippen LogP) is 1.34. The van der Waals surface area contributed by atoms with Gasteiger partial charge in [0.25, 0.3) is 11.3 Å². The molecule has 2 aromatic heterocycles. The molecule has 1 amide bonds. The standard InChI is InChI=1S/C15H14N4O4/c1-9-13-14(23-18-9)16-8-19(15(13)21)7-12(20)17-10-3-5-11(22-2)6-4-10/h3-6,8H,7H2,1-2H3,(H,17,20). The Kier molecular flexibility index (Phi) is 3.80. The molecule has 0 aliphatic heterocycles. The van der Waals surface area contributed by atoms with Crippen LogP contribution in [0.2, 0.25) is 0 Å². The van der Waals surface area contributed by atoms with E-state index in [9.17, 15) is 9.59 Å². The smallest absolute Gasteiger partial charge is 0.267 e. The second kappa shape index (κ2) is 5.91. The number of methoxy groups -OCH3 is 1. The zero-order chi connectivity index (χ0) is 16.4. The molecule has 2 heterocycles. The molecular formula is C15H14N4O4. The Bertz CT molecular complexity index is 911. The summed E-state index contributed by atoms with van der Waals surface area (Å²) < 4.78 is 11.2. The van der Waals surface area contributed by atoms with Crippen LogP contribution in [0.3, 0.4) is 0 Å². The summed E-state index contributed by atoms with van der Waals surface area (Å²) in [4.78, 5) is 28.4. The van der Waals surface area contributed by atoms with Gasteiger partial charge in [0, 0.05) is 5.69 Å². The molecule has 0 aliphatic carbocycles. The van der Waals surface area contributed by atoms with Crippen LogP contribution in [0.5, 0.6) is 5.75 Å². The first-order chi connectivity index (χ1) is 11.1. The maximum atomic E-state index is 12.3. The lowest BCUT2D eigenvalue weighted by Gasteiger charge is -2.07. The van der Waals surface area contributed by atoms with Crippen molar-refractivity contribution in [2.45, 2.75) is 13.5 Å². The molecule has 1 aromatic carbocycles. The molecule has 0 saturated carbocycles. The number of ether oxygens (including phenoxy) is 1. The van der Waals surface area contributed by atoms with Gasteiger partial charge in [-0.3, -0.25) is 14.2 Å². The Labute approximate surface area is 130 Å². The minimum absolute atomic E-state index is 0.154. The molecule has 0 fully saturated rings. The third-order valence-electron chi connectivity index (χ3n) is 3.32. The first-order valence-electron chi connectivity index (χ1n) is 6.84. The largest absolute Gasteiger partial charge is 0.497 e. The Morgan fingerprint density at radius 3 is 2.78 bits per heavy atom. The fourth-order valence-corrected chi connectivity index (χ4v) is 2.15. The maximum absolute atomic E-state index is 12.3. The van der Waals surface area contributed by atoms with Crippen LogP contribution in [0.25, 0.3) is 11.1 Å². The number of benzene rings is 1. The van der Waals surface area contributed by atoms with Crippen molar-refractivity contribution in [3.63, 3.8) is 0 Å². The number of amides is 1. The van der Waals surface area contributed by atoms with Crippen LogP contribution < -0.4 is 15.6 Å². The Hall–Kier alpha value is -3.16. The number of rotatable bonds is 4. The normalized spacial score (nSPS) is 10.7. The van der Waals surface area contributed by atoms with Gasteiger partial charge in [-0.1, -0.05) is 5.16 Å². The molecular weight excluding hydrogens is 300 g/mol. The summed E-state index contributed by atoms with van der Waals surface area (Å²) in [6.45, 7) is 1.50. The average Bonchev–Trinajstić information content (AvgIpc) is 2.93. The Balaban J connectivity index is 1.78. The van der Waals surface area contributed by atoms with E-state index in [0.717, 1.165) is 0 Å². The summed E-state index contributed by atoms with van der Waals surface area (Å²) in [6.07, 6.45) is 1.27. The van der Waals surface area contributed by atoms with Crippen molar-refractivity contribution >= 4 is 22.7 Å². The summed E-state index contributed by atoms with van der Waals surface area (Å²) in [5.74, 6) is 0.351. The van der Waals surface area contributed by atoms with Crippen LogP contribution in [0.4, 0.5) is 5.69 Å². The van der Waals surface area contributed by atoms with Crippen LogP contribution in [-0.4, -0.2) is 27.7 Å². The van der Waals surface area contributed by atoms with Gasteiger partial charge < -0.3 is 14.6 Å². The lowest BCUT2D eigenvalue weighted by molar-refractivity contribution is -0.116. The van der Waals surface area contributed by atoms with Crippen molar-refractivity contribution in [1.29, 1.82) is 0 Å². The van der Waals surface area contributed by atoms with Crippen LogP contribution in [0.15, 0.2) is 39.9 Å². The molecule has 1 N–H and O–H groups in total. The molecule has 8 nitrogen and oxygen atoms in total. The zero-order valence-electron chi connectivity index (χ0n) is 12.6. The molecule has 0 saturated heterocycles. The number of carbonyl (C=O) groups is 1. The van der Waals surface area contributed by atoms with E-state index in [1.165, 1.54) is 10.9 Å². The highest BCUT2D eigenvalue weighted by Gasteiger charge is 2.13. The van der Waals surface area contributed by atoms with Gasteiger partial charge in [-0.15, -0.1) is 0 Å². The topological polar surface area (TPSA) is 99.2 Å². The first-order valence-corrected chi connectivity index (χ1v) is 6.84. The van der Waals surface area contributed by atoms with Gasteiger partial charge in [0.1, 0.15) is 24.0 Å². The van der Waals surface area contributed by atoms with E-state index in [1.807, 2.05) is 0 Å². The summed E-state index contributed by atoms with van der Waals surface area (Å²) in [7, 11) is 1.57. The molecule has 0 radical (unpaired) electrons. The van der Waals surface area contributed by atoms with E-state index in [1.54, 1.807) is 38.3 Å². The van der Waals surface area contributed by atoms with Gasteiger partial charge in [0.2, 0.25) is 5.91 Å². The number of nitrogens with one attached hydrogen (secondary N) is 1. The third-order valence-corrected chi connectivity index (χ3v) is 3.32. The van der Waals surface area contributed by atoms with Crippen LogP contribution in [0.1, 0.15) is 5.69 Å². The molecule has 0 atom stereocenters. The number of aromatic nitrogens is 3. The maximum Gasteiger partial charge on any atom is 0.267 e. The predicted molar refractivity (Wildman–Crippen MR) is 82.4 cm³/mol. The molecule has 118 valence electrons. The summed E-state index contributed by atoms with van der Waals surface area (Å²) in [5, 5.41) is 6.68. The SMILES string of the molecule is COc1ccc(NC(=O)Cn2cnc3onc(C)c3c2=O)cc1. The minimum Gasteiger partial charge on any atom is -0.497 e. The highest BCUT2D eigenvalue weighted by atomic mass is 16.5. The lowest BCUT2D eigenvalue weighted by atomic mass is 10.3. The fourth-order valence-electron chi connectivity index (χ4n) is 2.15. The number of anilines is 1. The Morgan fingerprint density at radius 1 is 1.35 bits per heavy atom. The molecule has 3 rings (SSSR count). The molecule has 0 aliphatic rings. The second-order valence-electron chi connectivity index (χ2n) is 4.90. The van der Waals surface area contributed by atoms with Gasteiger partial charge >= 0.3 is 0 Å². The lowest BCUT2D eigenvalue weighted by Crippen LogP contribution is -2.27. The van der Waals surface area contributed by atoms with Crippen molar-refractivity contribution in [2.24, 2.45) is 0 Å². The highest BCUT2D eigenvalue weighted by molar-refractivity contribution is 5.90. The molecule has 0 spiro atoms. The van der Waals surface area contributed by atoms with E-state index in [4.69, 9.17) is 9.26 Å². The van der Waals surface area contributed by atoms with Gasteiger partial charge in [-0.2, -0.15) is 0 Å². The average molecular weight is 314 g/mol.